The van der Waals surface area contributed by atoms with Gasteiger partial charge >= 0.3 is 0 Å². The summed E-state index contributed by atoms with van der Waals surface area (Å²) in [5.41, 5.74) is 4.01. The van der Waals surface area contributed by atoms with E-state index < -0.39 is 22.5 Å². The molecule has 1 amide bonds. The number of sulfonamides is 1. The highest BCUT2D eigenvalue weighted by Crippen LogP contribution is 2.27. The molecule has 3 aromatic rings. The summed E-state index contributed by atoms with van der Waals surface area (Å²) in [7, 11) is -4.02. The molecule has 0 fully saturated rings. The Bertz CT molecular complexity index is 1220. The number of amides is 1. The Morgan fingerprint density at radius 2 is 1.68 bits per heavy atom. The topological polar surface area (TPSA) is 78.8 Å². The van der Waals surface area contributed by atoms with Crippen LogP contribution in [0.15, 0.2) is 82.8 Å². The molecule has 1 N–H and O–H groups in total. The largest absolute Gasteiger partial charge is 0.271 e. The number of rotatable bonds is 7. The molecule has 0 atom stereocenters. The predicted octanol–water partition coefficient (Wildman–Crippen LogP) is 4.65. The number of anilines is 1. The van der Waals surface area contributed by atoms with Crippen molar-refractivity contribution in [2.75, 3.05) is 10.8 Å². The number of carbonyl (C=O) groups is 1. The lowest BCUT2D eigenvalue weighted by Crippen LogP contribution is -2.39. The molecule has 0 radical (unpaired) electrons. The summed E-state index contributed by atoms with van der Waals surface area (Å²) < 4.78 is 27.5. The van der Waals surface area contributed by atoms with E-state index in [9.17, 15) is 13.2 Å². The summed E-state index contributed by atoms with van der Waals surface area (Å²) in [6.07, 6.45) is 1.39. The maximum absolute atomic E-state index is 13.3. The Kier molecular flexibility index (Phi) is 7.33. The molecule has 31 heavy (non-hydrogen) atoms. The van der Waals surface area contributed by atoms with Crippen LogP contribution in [0.25, 0.3) is 0 Å². The molecule has 0 aliphatic rings. The Labute approximate surface area is 191 Å². The summed E-state index contributed by atoms with van der Waals surface area (Å²) in [5, 5.41) is 4.75. The highest BCUT2D eigenvalue weighted by molar-refractivity contribution is 7.92. The highest BCUT2D eigenvalue weighted by atomic mass is 35.5. The third-order valence-electron chi connectivity index (χ3n) is 4.36. The number of hydrogen-bond donors (Lipinski definition) is 1. The van der Waals surface area contributed by atoms with Gasteiger partial charge in [0, 0.05) is 15.6 Å². The van der Waals surface area contributed by atoms with Gasteiger partial charge in [-0.1, -0.05) is 65.7 Å². The Balaban J connectivity index is 1.87. The van der Waals surface area contributed by atoms with E-state index in [1.54, 1.807) is 61.5 Å². The van der Waals surface area contributed by atoms with Gasteiger partial charge in [-0.05, 0) is 42.8 Å². The molecule has 0 unspecified atom stereocenters. The van der Waals surface area contributed by atoms with Crippen LogP contribution in [0.5, 0.6) is 0 Å². The summed E-state index contributed by atoms with van der Waals surface area (Å²) >= 11 is 12.3. The van der Waals surface area contributed by atoms with Gasteiger partial charge in [-0.2, -0.15) is 5.10 Å². The quantitative estimate of drug-likeness (QED) is 0.399. The summed E-state index contributed by atoms with van der Waals surface area (Å²) in [5.74, 6) is -0.625. The molecule has 0 heterocycles. The van der Waals surface area contributed by atoms with Gasteiger partial charge in [-0.3, -0.25) is 9.10 Å². The van der Waals surface area contributed by atoms with E-state index in [1.807, 2.05) is 0 Å². The van der Waals surface area contributed by atoms with Crippen molar-refractivity contribution in [3.63, 3.8) is 0 Å². The van der Waals surface area contributed by atoms with Gasteiger partial charge in [-0.15, -0.1) is 0 Å². The van der Waals surface area contributed by atoms with Crippen LogP contribution in [0, 0.1) is 6.92 Å². The number of carbonyl (C=O) groups excluding carboxylic acids is 1. The highest BCUT2D eigenvalue weighted by Gasteiger charge is 2.27. The zero-order valence-electron chi connectivity index (χ0n) is 16.5. The van der Waals surface area contributed by atoms with Crippen LogP contribution in [0.4, 0.5) is 5.69 Å². The fourth-order valence-electron chi connectivity index (χ4n) is 2.69. The molecule has 3 rings (SSSR count). The van der Waals surface area contributed by atoms with Crippen molar-refractivity contribution in [1.82, 2.24) is 5.43 Å². The van der Waals surface area contributed by atoms with E-state index >= 15 is 0 Å². The molecule has 0 spiro atoms. The lowest BCUT2D eigenvalue weighted by Gasteiger charge is -2.24. The van der Waals surface area contributed by atoms with Crippen molar-refractivity contribution in [2.45, 2.75) is 11.8 Å². The van der Waals surface area contributed by atoms with Crippen LogP contribution < -0.4 is 9.73 Å². The van der Waals surface area contributed by atoms with Crippen LogP contribution >= 0.6 is 23.2 Å². The van der Waals surface area contributed by atoms with Crippen LogP contribution in [0.2, 0.25) is 10.0 Å². The lowest BCUT2D eigenvalue weighted by molar-refractivity contribution is -0.119. The van der Waals surface area contributed by atoms with E-state index in [4.69, 9.17) is 23.2 Å². The molecule has 0 saturated carbocycles. The van der Waals surface area contributed by atoms with Crippen molar-refractivity contribution < 1.29 is 13.2 Å². The molecular formula is C22H19Cl2N3O3S. The van der Waals surface area contributed by atoms with Crippen LogP contribution in [-0.4, -0.2) is 27.1 Å². The number of halogens is 2. The van der Waals surface area contributed by atoms with Crippen molar-refractivity contribution in [2.24, 2.45) is 5.10 Å². The van der Waals surface area contributed by atoms with Gasteiger partial charge in [0.15, 0.2) is 0 Å². The minimum atomic E-state index is -4.02. The Morgan fingerprint density at radius 3 is 2.35 bits per heavy atom. The fourth-order valence-corrected chi connectivity index (χ4v) is 4.48. The van der Waals surface area contributed by atoms with Crippen molar-refractivity contribution >= 4 is 51.0 Å². The molecule has 160 valence electrons. The number of aryl methyl sites for hydroxylation is 1. The number of hydrazone groups is 1. The van der Waals surface area contributed by atoms with Crippen LogP contribution in [0.3, 0.4) is 0 Å². The standard InChI is InChI=1S/C22H19Cl2N3O3S/c1-16-11-12-18(13-21(16)24)27(31(29,30)19-8-3-2-4-9-19)15-22(28)26-25-14-17-7-5-6-10-20(17)23/h2-14H,15H2,1H3,(H,26,28)/b25-14-. The third-order valence-corrected chi connectivity index (χ3v) is 6.90. The van der Waals surface area contributed by atoms with Gasteiger partial charge < -0.3 is 0 Å². The molecule has 0 saturated heterocycles. The lowest BCUT2D eigenvalue weighted by atomic mass is 10.2. The van der Waals surface area contributed by atoms with Crippen molar-refractivity contribution in [1.29, 1.82) is 0 Å². The van der Waals surface area contributed by atoms with E-state index in [0.717, 1.165) is 9.87 Å². The SMILES string of the molecule is Cc1ccc(N(CC(=O)N/N=C\c2ccccc2Cl)S(=O)(=O)c2ccccc2)cc1Cl. The molecule has 0 aliphatic carbocycles. The number of nitrogens with one attached hydrogen (secondary N) is 1. The van der Waals surface area contributed by atoms with Crippen LogP contribution in [-0.2, 0) is 14.8 Å². The molecule has 9 heteroatoms. The fraction of sp³-hybridized carbons (Fsp3) is 0.0909. The van der Waals surface area contributed by atoms with Gasteiger partial charge in [-0.25, -0.2) is 13.8 Å². The van der Waals surface area contributed by atoms with Gasteiger partial charge in [0.25, 0.3) is 15.9 Å². The zero-order valence-corrected chi connectivity index (χ0v) is 18.8. The normalized spacial score (nSPS) is 11.5. The average molecular weight is 476 g/mol. The number of nitrogens with zero attached hydrogens (tertiary/aromatic N) is 2. The number of hydrogen-bond acceptors (Lipinski definition) is 4. The molecule has 0 bridgehead atoms. The Morgan fingerprint density at radius 1 is 1.00 bits per heavy atom. The minimum Gasteiger partial charge on any atom is -0.271 e. The first-order chi connectivity index (χ1) is 14.8. The summed E-state index contributed by atoms with van der Waals surface area (Å²) in [6, 6.07) is 19.7. The maximum Gasteiger partial charge on any atom is 0.264 e. The second-order valence-electron chi connectivity index (χ2n) is 6.57. The predicted molar refractivity (Wildman–Crippen MR) is 124 cm³/mol. The van der Waals surface area contributed by atoms with Crippen molar-refractivity contribution in [3.05, 3.63) is 94.0 Å². The third kappa shape index (κ3) is 5.64. The molecular weight excluding hydrogens is 457 g/mol. The minimum absolute atomic E-state index is 0.0547. The van der Waals surface area contributed by atoms with Gasteiger partial charge in [0.05, 0.1) is 16.8 Å². The first-order valence-electron chi connectivity index (χ1n) is 9.19. The van der Waals surface area contributed by atoms with Gasteiger partial charge in [0.1, 0.15) is 6.54 Å². The first kappa shape index (κ1) is 22.8. The summed E-state index contributed by atoms with van der Waals surface area (Å²) in [6.45, 7) is 1.31. The zero-order chi connectivity index (χ0) is 22.4. The van der Waals surface area contributed by atoms with Crippen molar-refractivity contribution in [3.8, 4) is 0 Å². The van der Waals surface area contributed by atoms with Crippen LogP contribution in [0.1, 0.15) is 11.1 Å². The molecule has 6 nitrogen and oxygen atoms in total. The van der Waals surface area contributed by atoms with E-state index in [-0.39, 0.29) is 10.6 Å². The molecule has 0 aromatic heterocycles. The number of benzene rings is 3. The van der Waals surface area contributed by atoms with E-state index in [0.29, 0.717) is 15.6 Å². The smallest absolute Gasteiger partial charge is 0.264 e. The summed E-state index contributed by atoms with van der Waals surface area (Å²) in [4.78, 5) is 12.6. The maximum atomic E-state index is 13.3. The molecule has 3 aromatic carbocycles. The van der Waals surface area contributed by atoms with Gasteiger partial charge in [0.2, 0.25) is 0 Å². The van der Waals surface area contributed by atoms with E-state index in [1.165, 1.54) is 24.4 Å². The Hall–Kier alpha value is -2.87. The second-order valence-corrected chi connectivity index (χ2v) is 9.25. The monoisotopic (exact) mass is 475 g/mol. The first-order valence-corrected chi connectivity index (χ1v) is 11.4. The average Bonchev–Trinajstić information content (AvgIpc) is 2.76. The molecule has 0 aliphatic heterocycles. The second kappa shape index (κ2) is 9.96. The van der Waals surface area contributed by atoms with E-state index in [2.05, 4.69) is 10.5 Å².